The average molecular weight is 274 g/mol. The lowest BCUT2D eigenvalue weighted by atomic mass is 10.1. The highest BCUT2D eigenvalue weighted by atomic mass is 15.3. The Balaban J connectivity index is 2.09. The van der Waals surface area contributed by atoms with Crippen LogP contribution in [-0.4, -0.2) is 47.0 Å². The van der Waals surface area contributed by atoms with Crippen molar-refractivity contribution < 1.29 is 0 Å². The van der Waals surface area contributed by atoms with Gasteiger partial charge in [0.2, 0.25) is 0 Å². The summed E-state index contributed by atoms with van der Waals surface area (Å²) in [6, 6.07) is 0.472. The average Bonchev–Trinajstić information content (AvgIpc) is 2.96. The van der Waals surface area contributed by atoms with Crippen LogP contribution in [0.4, 0.5) is 0 Å². The second-order valence-electron chi connectivity index (χ2n) is 5.00. The zero-order chi connectivity index (χ0) is 14.5. The van der Waals surface area contributed by atoms with Gasteiger partial charge in [0, 0.05) is 24.5 Å². The number of piperidine rings is 1. The van der Waals surface area contributed by atoms with Crippen LogP contribution in [0.25, 0.3) is 5.70 Å². The third kappa shape index (κ3) is 3.14. The quantitative estimate of drug-likeness (QED) is 0.649. The topological polar surface area (TPSA) is 69.3 Å². The molecule has 0 aromatic carbocycles. The van der Waals surface area contributed by atoms with Crippen molar-refractivity contribution in [2.24, 2.45) is 4.99 Å². The van der Waals surface area contributed by atoms with Crippen LogP contribution >= 0.6 is 0 Å². The SMILES string of the molecule is C=C(c1cnn(C2CCNCC2)c1)N(C)C(C)=NC=N. The molecule has 0 saturated carbocycles. The Morgan fingerprint density at radius 3 is 2.95 bits per heavy atom. The van der Waals surface area contributed by atoms with Crippen molar-refractivity contribution in [1.82, 2.24) is 20.0 Å². The molecule has 108 valence electrons. The van der Waals surface area contributed by atoms with E-state index in [1.165, 1.54) is 0 Å². The van der Waals surface area contributed by atoms with E-state index in [9.17, 15) is 0 Å². The van der Waals surface area contributed by atoms with Crippen molar-refractivity contribution in [3.05, 3.63) is 24.5 Å². The molecule has 6 heteroatoms. The number of rotatable bonds is 4. The van der Waals surface area contributed by atoms with E-state index in [-0.39, 0.29) is 0 Å². The van der Waals surface area contributed by atoms with Gasteiger partial charge < -0.3 is 10.2 Å². The number of nitrogens with one attached hydrogen (secondary N) is 2. The van der Waals surface area contributed by atoms with Crippen LogP contribution in [0.2, 0.25) is 0 Å². The minimum atomic E-state index is 0.472. The van der Waals surface area contributed by atoms with Crippen molar-refractivity contribution in [2.75, 3.05) is 20.1 Å². The normalized spacial score (nSPS) is 17.0. The summed E-state index contributed by atoms with van der Waals surface area (Å²) in [5.74, 6) is 0.736. The van der Waals surface area contributed by atoms with E-state index in [1.807, 2.05) is 35.9 Å². The van der Waals surface area contributed by atoms with Gasteiger partial charge in [-0.1, -0.05) is 6.58 Å². The minimum absolute atomic E-state index is 0.472. The molecule has 2 rings (SSSR count). The summed E-state index contributed by atoms with van der Waals surface area (Å²) >= 11 is 0. The van der Waals surface area contributed by atoms with E-state index < -0.39 is 0 Å². The van der Waals surface area contributed by atoms with Gasteiger partial charge in [-0.25, -0.2) is 4.99 Å². The summed E-state index contributed by atoms with van der Waals surface area (Å²) < 4.78 is 2.04. The molecule has 1 aromatic rings. The highest BCUT2D eigenvalue weighted by molar-refractivity contribution is 5.92. The maximum atomic E-state index is 7.02. The van der Waals surface area contributed by atoms with Gasteiger partial charge in [-0.2, -0.15) is 5.10 Å². The van der Waals surface area contributed by atoms with Gasteiger partial charge in [-0.3, -0.25) is 10.1 Å². The number of hydrogen-bond acceptors (Lipinski definition) is 3. The molecule has 1 fully saturated rings. The molecular weight excluding hydrogens is 252 g/mol. The fourth-order valence-electron chi connectivity index (χ4n) is 2.33. The van der Waals surface area contributed by atoms with Crippen molar-refractivity contribution in [1.29, 1.82) is 5.41 Å². The molecule has 20 heavy (non-hydrogen) atoms. The van der Waals surface area contributed by atoms with Crippen molar-refractivity contribution >= 4 is 17.9 Å². The van der Waals surface area contributed by atoms with Gasteiger partial charge in [0.1, 0.15) is 12.2 Å². The van der Waals surface area contributed by atoms with Crippen LogP contribution in [-0.2, 0) is 0 Å². The predicted octanol–water partition coefficient (Wildman–Crippen LogP) is 1.74. The van der Waals surface area contributed by atoms with E-state index in [0.717, 1.165) is 49.4 Å². The Bertz CT molecular complexity index is 509. The van der Waals surface area contributed by atoms with Gasteiger partial charge >= 0.3 is 0 Å². The van der Waals surface area contributed by atoms with E-state index in [1.54, 1.807) is 0 Å². The molecule has 0 aliphatic carbocycles. The van der Waals surface area contributed by atoms with E-state index in [2.05, 4.69) is 22.0 Å². The molecule has 0 radical (unpaired) electrons. The van der Waals surface area contributed by atoms with Gasteiger partial charge in [0.25, 0.3) is 0 Å². The summed E-state index contributed by atoms with van der Waals surface area (Å²) in [5, 5.41) is 14.8. The summed E-state index contributed by atoms with van der Waals surface area (Å²) in [6.07, 6.45) is 7.15. The van der Waals surface area contributed by atoms with Gasteiger partial charge in [0.05, 0.1) is 12.2 Å². The van der Waals surface area contributed by atoms with Crippen molar-refractivity contribution in [3.8, 4) is 0 Å². The molecule has 0 amide bonds. The van der Waals surface area contributed by atoms with Crippen LogP contribution in [0.15, 0.2) is 24.0 Å². The van der Waals surface area contributed by atoms with Crippen LogP contribution in [0.3, 0.4) is 0 Å². The summed E-state index contributed by atoms with van der Waals surface area (Å²) in [7, 11) is 1.90. The van der Waals surface area contributed by atoms with Crippen LogP contribution < -0.4 is 5.32 Å². The molecule has 1 aromatic heterocycles. The second-order valence-corrected chi connectivity index (χ2v) is 5.00. The number of nitrogens with zero attached hydrogens (tertiary/aromatic N) is 4. The molecule has 2 N–H and O–H groups in total. The Kier molecular flexibility index (Phi) is 4.68. The van der Waals surface area contributed by atoms with Crippen molar-refractivity contribution in [2.45, 2.75) is 25.8 Å². The fraction of sp³-hybridized carbons (Fsp3) is 0.500. The lowest BCUT2D eigenvalue weighted by molar-refractivity contribution is 0.343. The minimum Gasteiger partial charge on any atom is -0.333 e. The Morgan fingerprint density at radius 2 is 2.30 bits per heavy atom. The number of hydrogen-bond donors (Lipinski definition) is 2. The van der Waals surface area contributed by atoms with Crippen LogP contribution in [0, 0.1) is 5.41 Å². The maximum absolute atomic E-state index is 7.02. The smallest absolute Gasteiger partial charge is 0.109 e. The van der Waals surface area contributed by atoms with Gasteiger partial charge in [0.15, 0.2) is 0 Å². The standard InChI is InChI=1S/C14H22N6/c1-11(19(3)12(2)17-10-15)13-8-18-20(9-13)14-4-6-16-7-5-14/h8-10,14-16H,1,4-7H2,2-3H3. The number of aliphatic imine (C=N–C) groups is 1. The summed E-state index contributed by atoms with van der Waals surface area (Å²) in [4.78, 5) is 5.83. The molecule has 0 unspecified atom stereocenters. The molecule has 1 aliphatic rings. The molecular formula is C14H22N6. The van der Waals surface area contributed by atoms with E-state index >= 15 is 0 Å². The largest absolute Gasteiger partial charge is 0.333 e. The summed E-state index contributed by atoms with van der Waals surface area (Å²) in [5.41, 5.74) is 1.83. The second kappa shape index (κ2) is 6.47. The zero-order valence-corrected chi connectivity index (χ0v) is 12.1. The monoisotopic (exact) mass is 274 g/mol. The molecule has 0 atom stereocenters. The Hall–Kier alpha value is -1.95. The molecule has 2 heterocycles. The number of amidine groups is 1. The number of aromatic nitrogens is 2. The van der Waals surface area contributed by atoms with E-state index in [4.69, 9.17) is 5.41 Å². The molecule has 6 nitrogen and oxygen atoms in total. The van der Waals surface area contributed by atoms with E-state index in [0.29, 0.717) is 6.04 Å². The highest BCUT2D eigenvalue weighted by Gasteiger charge is 2.17. The van der Waals surface area contributed by atoms with Crippen LogP contribution in [0.1, 0.15) is 31.4 Å². The molecule has 1 aliphatic heterocycles. The van der Waals surface area contributed by atoms with Crippen molar-refractivity contribution in [3.63, 3.8) is 0 Å². The highest BCUT2D eigenvalue weighted by Crippen LogP contribution is 2.21. The van der Waals surface area contributed by atoms with Crippen LogP contribution in [0.5, 0.6) is 0 Å². The third-order valence-corrected chi connectivity index (χ3v) is 3.76. The maximum Gasteiger partial charge on any atom is 0.109 e. The first-order valence-corrected chi connectivity index (χ1v) is 6.84. The molecule has 1 saturated heterocycles. The first-order chi connectivity index (χ1) is 9.63. The third-order valence-electron chi connectivity index (χ3n) is 3.76. The summed E-state index contributed by atoms with van der Waals surface area (Å²) in [6.45, 7) is 8.04. The predicted molar refractivity (Wildman–Crippen MR) is 82.1 cm³/mol. The lowest BCUT2D eigenvalue weighted by Crippen LogP contribution is -2.29. The Labute approximate surface area is 119 Å². The first kappa shape index (κ1) is 14.5. The molecule has 0 spiro atoms. The first-order valence-electron chi connectivity index (χ1n) is 6.84. The lowest BCUT2D eigenvalue weighted by Gasteiger charge is -2.23. The van der Waals surface area contributed by atoms with Gasteiger partial charge in [-0.05, 0) is 32.9 Å². The van der Waals surface area contributed by atoms with Gasteiger partial charge in [-0.15, -0.1) is 0 Å². The zero-order valence-electron chi connectivity index (χ0n) is 12.1. The Morgan fingerprint density at radius 1 is 1.60 bits per heavy atom. The fourth-order valence-corrected chi connectivity index (χ4v) is 2.33. The molecule has 0 bridgehead atoms.